The predicted octanol–water partition coefficient (Wildman–Crippen LogP) is 6.33. The number of aromatic nitrogens is 4. The molecule has 0 aliphatic carbocycles. The number of hydrogen-bond donors (Lipinski definition) is 2. The van der Waals surface area contributed by atoms with Crippen LogP contribution in [0.2, 0.25) is 5.02 Å². The second kappa shape index (κ2) is 10.1. The maximum absolute atomic E-state index is 6.28. The Morgan fingerprint density at radius 1 is 0.970 bits per heavy atom. The van der Waals surface area contributed by atoms with Crippen molar-refractivity contribution in [3.05, 3.63) is 92.3 Å². The van der Waals surface area contributed by atoms with Crippen LogP contribution in [-0.2, 0) is 13.1 Å². The molecule has 0 saturated carbocycles. The molecule has 0 saturated heterocycles. The lowest BCUT2D eigenvalue weighted by Gasteiger charge is -2.11. The van der Waals surface area contributed by atoms with Crippen molar-refractivity contribution in [3.63, 3.8) is 0 Å². The Labute approximate surface area is 212 Å². The monoisotopic (exact) mass is 542 g/mol. The normalized spacial score (nSPS) is 10.9. The molecule has 2 N–H and O–H groups in total. The lowest BCUT2D eigenvalue weighted by molar-refractivity contribution is 0.657. The van der Waals surface area contributed by atoms with E-state index in [1.165, 1.54) is 11.1 Å². The van der Waals surface area contributed by atoms with Gasteiger partial charge in [-0.1, -0.05) is 54.1 Å². The molecule has 0 bridgehead atoms. The Balaban J connectivity index is 1.45. The number of benzene rings is 2. The number of anilines is 2. The van der Waals surface area contributed by atoms with Crippen LogP contribution >= 0.6 is 39.7 Å². The van der Waals surface area contributed by atoms with E-state index >= 15 is 0 Å². The first-order valence-electron chi connectivity index (χ1n) is 10.4. The summed E-state index contributed by atoms with van der Waals surface area (Å²) in [6.45, 7) is 7.39. The average Bonchev–Trinajstić information content (AvgIpc) is 3.24. The van der Waals surface area contributed by atoms with Gasteiger partial charge in [-0.3, -0.25) is 9.36 Å². The van der Waals surface area contributed by atoms with E-state index in [-0.39, 0.29) is 0 Å². The molecular weight excluding hydrogens is 520 g/mol. The molecule has 0 atom stereocenters. The second-order valence-electron chi connectivity index (χ2n) is 7.82. The first-order chi connectivity index (χ1) is 15.8. The van der Waals surface area contributed by atoms with Crippen molar-refractivity contribution in [1.29, 1.82) is 0 Å². The Morgan fingerprint density at radius 2 is 1.67 bits per heavy atom. The summed E-state index contributed by atoms with van der Waals surface area (Å²) >= 11 is 15.4. The lowest BCUT2D eigenvalue weighted by Crippen LogP contribution is -2.20. The smallest absolute Gasteiger partial charge is 0.176 e. The first kappa shape index (κ1) is 23.5. The Bertz CT molecular complexity index is 1310. The van der Waals surface area contributed by atoms with Gasteiger partial charge in [0.1, 0.15) is 0 Å². The number of hydrogen-bond acceptors (Lipinski definition) is 3. The molecule has 4 rings (SSSR count). The molecule has 170 valence electrons. The summed E-state index contributed by atoms with van der Waals surface area (Å²) < 4.78 is 4.62. The van der Waals surface area contributed by atoms with Crippen molar-refractivity contribution in [3.8, 4) is 0 Å². The van der Waals surface area contributed by atoms with Gasteiger partial charge in [0.2, 0.25) is 0 Å². The molecule has 0 radical (unpaired) electrons. The molecule has 0 unspecified atom stereocenters. The molecule has 0 amide bonds. The van der Waals surface area contributed by atoms with Gasteiger partial charge in [0.25, 0.3) is 0 Å². The van der Waals surface area contributed by atoms with Crippen molar-refractivity contribution in [2.24, 2.45) is 0 Å². The number of rotatable bonds is 6. The molecule has 9 heteroatoms. The Kier molecular flexibility index (Phi) is 7.17. The van der Waals surface area contributed by atoms with Crippen molar-refractivity contribution in [2.75, 3.05) is 10.6 Å². The quantitative estimate of drug-likeness (QED) is 0.278. The van der Waals surface area contributed by atoms with Crippen LogP contribution in [0.15, 0.2) is 59.2 Å². The maximum Gasteiger partial charge on any atom is 0.176 e. The Morgan fingerprint density at radius 3 is 2.39 bits per heavy atom. The minimum absolute atomic E-state index is 0.445. The largest absolute Gasteiger partial charge is 0.329 e. The highest BCUT2D eigenvalue weighted by atomic mass is 79.9. The van der Waals surface area contributed by atoms with E-state index in [0.29, 0.717) is 29.0 Å². The van der Waals surface area contributed by atoms with E-state index in [4.69, 9.17) is 28.9 Å². The van der Waals surface area contributed by atoms with Gasteiger partial charge in [-0.15, -0.1) is 0 Å². The Hall–Kier alpha value is -2.68. The molecule has 2 aromatic heterocycles. The van der Waals surface area contributed by atoms with Gasteiger partial charge < -0.3 is 10.6 Å². The summed E-state index contributed by atoms with van der Waals surface area (Å²) in [7, 11) is 0. The number of nitrogens with zero attached hydrogens (tertiary/aromatic N) is 4. The molecule has 2 heterocycles. The van der Waals surface area contributed by atoms with E-state index in [9.17, 15) is 0 Å². The molecule has 33 heavy (non-hydrogen) atoms. The van der Waals surface area contributed by atoms with Crippen LogP contribution in [0, 0.1) is 20.8 Å². The fourth-order valence-corrected chi connectivity index (χ4v) is 4.41. The molecule has 0 spiro atoms. The number of aryl methyl sites for hydroxylation is 2. The van der Waals surface area contributed by atoms with Crippen LogP contribution in [0.25, 0.3) is 0 Å². The molecule has 0 aliphatic heterocycles. The maximum atomic E-state index is 6.28. The fourth-order valence-electron chi connectivity index (χ4n) is 3.60. The third kappa shape index (κ3) is 5.46. The van der Waals surface area contributed by atoms with Gasteiger partial charge >= 0.3 is 0 Å². The summed E-state index contributed by atoms with van der Waals surface area (Å²) in [4.78, 5) is 0. The van der Waals surface area contributed by atoms with E-state index < -0.39 is 0 Å². The van der Waals surface area contributed by atoms with Gasteiger partial charge in [-0.2, -0.15) is 10.2 Å². The topological polar surface area (TPSA) is 59.7 Å². The minimum Gasteiger partial charge on any atom is -0.329 e. The lowest BCUT2D eigenvalue weighted by atomic mass is 10.1. The molecule has 0 aliphatic rings. The zero-order chi connectivity index (χ0) is 23.5. The van der Waals surface area contributed by atoms with Gasteiger partial charge in [0.05, 0.1) is 34.6 Å². The van der Waals surface area contributed by atoms with Crippen LogP contribution < -0.4 is 10.6 Å². The first-order valence-corrected chi connectivity index (χ1v) is 12.0. The van der Waals surface area contributed by atoms with E-state index in [1.54, 1.807) is 0 Å². The van der Waals surface area contributed by atoms with E-state index in [0.717, 1.165) is 27.1 Å². The minimum atomic E-state index is 0.445. The summed E-state index contributed by atoms with van der Waals surface area (Å²) in [5.74, 6) is 0.627. The van der Waals surface area contributed by atoms with Crippen LogP contribution in [0.4, 0.5) is 11.5 Å². The third-order valence-electron chi connectivity index (χ3n) is 5.44. The summed E-state index contributed by atoms with van der Waals surface area (Å²) in [6.07, 6.45) is 1.89. The standard InChI is InChI=1S/C24H24BrClN6S/c1-15-8-4-5-9-18(15)13-32-17(3)22(16(2)29-32)27-24(33)28-23-20(25)14-31(30-23)12-19-10-6-7-11-21(19)26/h4-11,14H,12-13H2,1-3H3,(H2,27,28,30,33). The zero-order valence-corrected chi connectivity index (χ0v) is 21.7. The molecule has 2 aromatic carbocycles. The predicted molar refractivity (Wildman–Crippen MR) is 142 cm³/mol. The van der Waals surface area contributed by atoms with Crippen LogP contribution in [0.5, 0.6) is 0 Å². The van der Waals surface area contributed by atoms with Crippen molar-refractivity contribution in [1.82, 2.24) is 19.6 Å². The number of thiocarbonyl (C=S) groups is 1. The van der Waals surface area contributed by atoms with Crippen LogP contribution in [-0.4, -0.2) is 24.7 Å². The van der Waals surface area contributed by atoms with Crippen LogP contribution in [0.1, 0.15) is 28.1 Å². The third-order valence-corrected chi connectivity index (χ3v) is 6.59. The van der Waals surface area contributed by atoms with Gasteiger partial charge in [-0.05, 0) is 71.7 Å². The van der Waals surface area contributed by atoms with Crippen molar-refractivity contribution >= 4 is 56.4 Å². The highest BCUT2D eigenvalue weighted by molar-refractivity contribution is 9.10. The summed E-state index contributed by atoms with van der Waals surface area (Å²) in [6, 6.07) is 16.1. The van der Waals surface area contributed by atoms with E-state index in [2.05, 4.69) is 56.8 Å². The molecule has 0 fully saturated rings. The number of halogens is 2. The second-order valence-corrected chi connectivity index (χ2v) is 9.49. The van der Waals surface area contributed by atoms with Gasteiger partial charge in [-0.25, -0.2) is 0 Å². The number of nitrogens with one attached hydrogen (secondary N) is 2. The SMILES string of the molecule is Cc1ccccc1Cn1nc(C)c(NC(=S)Nc2nn(Cc3ccccc3Cl)cc2Br)c1C. The van der Waals surface area contributed by atoms with E-state index in [1.807, 2.05) is 59.7 Å². The molecule has 4 aromatic rings. The summed E-state index contributed by atoms with van der Waals surface area (Å²) in [5, 5.41) is 16.9. The van der Waals surface area contributed by atoms with Gasteiger partial charge in [0, 0.05) is 11.2 Å². The van der Waals surface area contributed by atoms with Crippen molar-refractivity contribution in [2.45, 2.75) is 33.9 Å². The fraction of sp³-hybridized carbons (Fsp3) is 0.208. The summed E-state index contributed by atoms with van der Waals surface area (Å²) in [5.41, 5.74) is 6.27. The highest BCUT2D eigenvalue weighted by Crippen LogP contribution is 2.25. The van der Waals surface area contributed by atoms with Crippen LogP contribution in [0.3, 0.4) is 0 Å². The van der Waals surface area contributed by atoms with Gasteiger partial charge in [0.15, 0.2) is 10.9 Å². The highest BCUT2D eigenvalue weighted by Gasteiger charge is 2.15. The average molecular weight is 544 g/mol. The zero-order valence-electron chi connectivity index (χ0n) is 18.6. The van der Waals surface area contributed by atoms with Crippen molar-refractivity contribution < 1.29 is 0 Å². The molecule has 6 nitrogen and oxygen atoms in total. The molecular formula is C24H24BrClN6S.